The molecule has 1 atom stereocenters. The van der Waals surface area contributed by atoms with Gasteiger partial charge in [-0.05, 0) is 25.5 Å². The van der Waals surface area contributed by atoms with Crippen molar-refractivity contribution in [3.05, 3.63) is 29.8 Å². The number of amides is 1. The second kappa shape index (κ2) is 8.45. The molecule has 0 aliphatic rings. The number of hydrogen-bond acceptors (Lipinski definition) is 3. The number of alkyl halides is 2. The number of carboxylic acid groups (broad SMARTS) is 1. The van der Waals surface area contributed by atoms with E-state index >= 15 is 0 Å². The molecule has 0 aliphatic carbocycles. The standard InChI is InChI=1S/C16H21F2NO4/c1-3-7-11(14(20)21)10-19-15(22)16(17,18)12-8-5-6-9-13(12)23-4-2/h5-6,8-9,11H,3-4,7,10H2,1-2H3,(H,19,22)(H,20,21). The Balaban J connectivity index is 2.87. The quantitative estimate of drug-likeness (QED) is 0.730. The zero-order valence-electron chi connectivity index (χ0n) is 13.1. The molecule has 1 unspecified atom stereocenters. The zero-order valence-corrected chi connectivity index (χ0v) is 13.1. The first-order valence-electron chi connectivity index (χ1n) is 7.45. The predicted octanol–water partition coefficient (Wildman–Crippen LogP) is 2.79. The molecule has 0 heterocycles. The van der Waals surface area contributed by atoms with Crippen LogP contribution in [0, 0.1) is 5.92 Å². The van der Waals surface area contributed by atoms with E-state index in [2.05, 4.69) is 0 Å². The summed E-state index contributed by atoms with van der Waals surface area (Å²) < 4.78 is 33.8. The number of rotatable bonds is 9. The number of para-hydroxylation sites is 1. The van der Waals surface area contributed by atoms with Crippen LogP contribution in [0.25, 0.3) is 0 Å². The topological polar surface area (TPSA) is 75.6 Å². The molecular formula is C16H21F2NO4. The molecule has 128 valence electrons. The summed E-state index contributed by atoms with van der Waals surface area (Å²) >= 11 is 0. The highest BCUT2D eigenvalue weighted by atomic mass is 19.3. The maximum atomic E-state index is 14.3. The van der Waals surface area contributed by atoms with Crippen LogP contribution in [-0.2, 0) is 15.5 Å². The van der Waals surface area contributed by atoms with Gasteiger partial charge in [-0.25, -0.2) is 0 Å². The molecule has 1 amide bonds. The number of halogens is 2. The Hall–Kier alpha value is -2.18. The summed E-state index contributed by atoms with van der Waals surface area (Å²) in [4.78, 5) is 22.8. The minimum atomic E-state index is -3.80. The number of carbonyl (C=O) groups is 2. The Morgan fingerprint density at radius 2 is 1.96 bits per heavy atom. The number of ether oxygens (including phenoxy) is 1. The smallest absolute Gasteiger partial charge is 0.353 e. The lowest BCUT2D eigenvalue weighted by Crippen LogP contribution is -2.42. The molecule has 1 aromatic carbocycles. The van der Waals surface area contributed by atoms with Gasteiger partial charge in [0.1, 0.15) is 5.75 Å². The Morgan fingerprint density at radius 3 is 2.52 bits per heavy atom. The van der Waals surface area contributed by atoms with Crippen molar-refractivity contribution in [1.82, 2.24) is 5.32 Å². The summed E-state index contributed by atoms with van der Waals surface area (Å²) in [6.45, 7) is 3.28. The fraction of sp³-hybridized carbons (Fsp3) is 0.500. The van der Waals surface area contributed by atoms with Crippen LogP contribution in [0.4, 0.5) is 8.78 Å². The maximum Gasteiger partial charge on any atom is 0.353 e. The molecule has 7 heteroatoms. The van der Waals surface area contributed by atoms with Crippen molar-refractivity contribution in [3.63, 3.8) is 0 Å². The summed E-state index contributed by atoms with van der Waals surface area (Å²) in [5.41, 5.74) is -0.540. The van der Waals surface area contributed by atoms with Crippen LogP contribution in [-0.4, -0.2) is 30.1 Å². The number of carboxylic acids is 1. The lowest BCUT2D eigenvalue weighted by molar-refractivity contribution is -0.148. The number of benzene rings is 1. The van der Waals surface area contributed by atoms with Crippen LogP contribution in [0.2, 0.25) is 0 Å². The van der Waals surface area contributed by atoms with Gasteiger partial charge in [0.2, 0.25) is 0 Å². The van der Waals surface area contributed by atoms with Gasteiger partial charge in [-0.2, -0.15) is 8.78 Å². The third-order valence-electron chi connectivity index (χ3n) is 3.31. The Kier molecular flexibility index (Phi) is 6.93. The lowest BCUT2D eigenvalue weighted by Gasteiger charge is -2.20. The summed E-state index contributed by atoms with van der Waals surface area (Å²) in [5, 5.41) is 11.0. The summed E-state index contributed by atoms with van der Waals surface area (Å²) in [6, 6.07) is 5.39. The highest BCUT2D eigenvalue weighted by Gasteiger charge is 2.43. The molecular weight excluding hydrogens is 308 g/mol. The van der Waals surface area contributed by atoms with E-state index in [1.165, 1.54) is 18.2 Å². The highest BCUT2D eigenvalue weighted by Crippen LogP contribution is 2.35. The fourth-order valence-electron chi connectivity index (χ4n) is 2.12. The average molecular weight is 329 g/mol. The summed E-state index contributed by atoms with van der Waals surface area (Å²) in [5.74, 6) is -7.42. The van der Waals surface area contributed by atoms with Crippen LogP contribution in [0.3, 0.4) is 0 Å². The maximum absolute atomic E-state index is 14.3. The Bertz CT molecular complexity index is 549. The Morgan fingerprint density at radius 1 is 1.30 bits per heavy atom. The van der Waals surface area contributed by atoms with Gasteiger partial charge < -0.3 is 15.2 Å². The normalized spacial score (nSPS) is 12.5. The van der Waals surface area contributed by atoms with Gasteiger partial charge in [0.15, 0.2) is 0 Å². The first-order valence-corrected chi connectivity index (χ1v) is 7.45. The molecule has 23 heavy (non-hydrogen) atoms. The molecule has 1 rings (SSSR count). The molecule has 0 fully saturated rings. The Labute approximate surface area is 133 Å². The molecule has 0 bridgehead atoms. The van der Waals surface area contributed by atoms with Crippen molar-refractivity contribution in [2.75, 3.05) is 13.2 Å². The minimum Gasteiger partial charge on any atom is -0.493 e. The van der Waals surface area contributed by atoms with Crippen LogP contribution < -0.4 is 10.1 Å². The number of nitrogens with one attached hydrogen (secondary N) is 1. The van der Waals surface area contributed by atoms with Gasteiger partial charge >= 0.3 is 11.9 Å². The van der Waals surface area contributed by atoms with E-state index in [0.717, 1.165) is 6.07 Å². The van der Waals surface area contributed by atoms with Crippen molar-refractivity contribution < 1.29 is 28.2 Å². The largest absolute Gasteiger partial charge is 0.493 e. The molecule has 0 aliphatic heterocycles. The third kappa shape index (κ3) is 4.91. The monoisotopic (exact) mass is 329 g/mol. The average Bonchev–Trinajstić information content (AvgIpc) is 2.51. The van der Waals surface area contributed by atoms with E-state index in [1.54, 1.807) is 13.8 Å². The summed E-state index contributed by atoms with van der Waals surface area (Å²) in [6.07, 6.45) is 0.882. The van der Waals surface area contributed by atoms with Crippen LogP contribution in [0.5, 0.6) is 5.75 Å². The van der Waals surface area contributed by atoms with Gasteiger partial charge in [0, 0.05) is 6.54 Å². The number of carbonyl (C=O) groups excluding carboxylic acids is 1. The lowest BCUT2D eigenvalue weighted by atomic mass is 10.0. The second-order valence-electron chi connectivity index (χ2n) is 5.04. The molecule has 0 aromatic heterocycles. The van der Waals surface area contributed by atoms with E-state index in [1.807, 2.05) is 5.32 Å². The predicted molar refractivity (Wildman–Crippen MR) is 80.5 cm³/mol. The van der Waals surface area contributed by atoms with Crippen molar-refractivity contribution in [3.8, 4) is 5.75 Å². The van der Waals surface area contributed by atoms with E-state index in [0.29, 0.717) is 12.8 Å². The van der Waals surface area contributed by atoms with Crippen molar-refractivity contribution >= 4 is 11.9 Å². The van der Waals surface area contributed by atoms with E-state index in [9.17, 15) is 18.4 Å². The van der Waals surface area contributed by atoms with E-state index in [-0.39, 0.29) is 18.9 Å². The van der Waals surface area contributed by atoms with Gasteiger partial charge in [0.25, 0.3) is 5.91 Å². The highest BCUT2D eigenvalue weighted by molar-refractivity contribution is 5.86. The molecule has 1 aromatic rings. The fourth-order valence-corrected chi connectivity index (χ4v) is 2.12. The first-order chi connectivity index (χ1) is 10.8. The van der Waals surface area contributed by atoms with E-state index < -0.39 is 29.3 Å². The molecule has 0 saturated heterocycles. The SMILES string of the molecule is CCCC(CNC(=O)C(F)(F)c1ccccc1OCC)C(=O)O. The number of aliphatic carboxylic acids is 1. The van der Waals surface area contributed by atoms with Gasteiger partial charge in [-0.15, -0.1) is 0 Å². The van der Waals surface area contributed by atoms with Crippen LogP contribution in [0.1, 0.15) is 32.3 Å². The molecule has 5 nitrogen and oxygen atoms in total. The summed E-state index contributed by atoms with van der Waals surface area (Å²) in [7, 11) is 0. The molecule has 0 saturated carbocycles. The van der Waals surface area contributed by atoms with Crippen molar-refractivity contribution in [2.45, 2.75) is 32.6 Å². The van der Waals surface area contributed by atoms with Crippen molar-refractivity contribution in [2.24, 2.45) is 5.92 Å². The molecule has 0 spiro atoms. The minimum absolute atomic E-state index is 0.0708. The van der Waals surface area contributed by atoms with Crippen LogP contribution in [0.15, 0.2) is 24.3 Å². The molecule has 0 radical (unpaired) electrons. The van der Waals surface area contributed by atoms with Crippen molar-refractivity contribution in [1.29, 1.82) is 0 Å². The van der Waals surface area contributed by atoms with Gasteiger partial charge in [0.05, 0.1) is 18.1 Å². The van der Waals surface area contributed by atoms with Gasteiger partial charge in [-0.1, -0.05) is 25.5 Å². The number of hydrogen-bond donors (Lipinski definition) is 2. The third-order valence-corrected chi connectivity index (χ3v) is 3.31. The molecule has 2 N–H and O–H groups in total. The van der Waals surface area contributed by atoms with Crippen LogP contribution >= 0.6 is 0 Å². The second-order valence-corrected chi connectivity index (χ2v) is 5.04. The first kappa shape index (κ1) is 18.9. The van der Waals surface area contributed by atoms with Gasteiger partial charge in [-0.3, -0.25) is 9.59 Å². The van der Waals surface area contributed by atoms with E-state index in [4.69, 9.17) is 9.84 Å². The zero-order chi connectivity index (χ0) is 17.5.